The lowest BCUT2D eigenvalue weighted by Gasteiger charge is -2.00. The lowest BCUT2D eigenvalue weighted by atomic mass is 10.7. The molecule has 0 aromatic heterocycles. The third kappa shape index (κ3) is 1.18. The van der Waals surface area contributed by atoms with Crippen LogP contribution in [0.15, 0.2) is 0 Å². The van der Waals surface area contributed by atoms with Crippen LogP contribution in [0.1, 0.15) is 0 Å². The van der Waals surface area contributed by atoms with E-state index in [1.807, 2.05) is 0 Å². The second-order valence-corrected chi connectivity index (χ2v) is 1.32. The van der Waals surface area contributed by atoms with E-state index in [1.165, 1.54) is 0 Å². The SMILES string of the molecule is O=COC1COCO1. The van der Waals surface area contributed by atoms with Crippen molar-refractivity contribution in [3.05, 3.63) is 0 Å². The van der Waals surface area contributed by atoms with Crippen LogP contribution in [0.5, 0.6) is 0 Å². The highest BCUT2D eigenvalue weighted by atomic mass is 16.8. The van der Waals surface area contributed by atoms with E-state index in [2.05, 4.69) is 4.74 Å². The molecule has 0 bridgehead atoms. The Morgan fingerprint density at radius 3 is 3.12 bits per heavy atom. The minimum atomic E-state index is -0.479. The van der Waals surface area contributed by atoms with Crippen LogP contribution in [-0.2, 0) is 19.0 Å². The minimum Gasteiger partial charge on any atom is -0.435 e. The van der Waals surface area contributed by atoms with Crippen molar-refractivity contribution in [2.45, 2.75) is 6.29 Å². The molecule has 0 spiro atoms. The van der Waals surface area contributed by atoms with Gasteiger partial charge in [0.05, 0.1) is 0 Å². The van der Waals surface area contributed by atoms with E-state index in [0.29, 0.717) is 13.1 Å². The summed E-state index contributed by atoms with van der Waals surface area (Å²) >= 11 is 0. The predicted molar refractivity (Wildman–Crippen MR) is 22.8 cm³/mol. The van der Waals surface area contributed by atoms with Crippen molar-refractivity contribution in [2.24, 2.45) is 0 Å². The normalized spacial score (nSPS) is 27.8. The van der Waals surface area contributed by atoms with Crippen molar-refractivity contribution < 1.29 is 19.0 Å². The van der Waals surface area contributed by atoms with Crippen LogP contribution >= 0.6 is 0 Å². The van der Waals surface area contributed by atoms with Crippen molar-refractivity contribution in [1.29, 1.82) is 0 Å². The molecule has 1 aliphatic rings. The van der Waals surface area contributed by atoms with Crippen molar-refractivity contribution in [1.82, 2.24) is 0 Å². The van der Waals surface area contributed by atoms with Crippen molar-refractivity contribution in [3.8, 4) is 0 Å². The van der Waals surface area contributed by atoms with E-state index < -0.39 is 6.29 Å². The second-order valence-electron chi connectivity index (χ2n) is 1.32. The minimum absolute atomic E-state index is 0.221. The Balaban J connectivity index is 2.14. The molecule has 1 rings (SSSR count). The van der Waals surface area contributed by atoms with Gasteiger partial charge in [0.25, 0.3) is 6.47 Å². The van der Waals surface area contributed by atoms with Crippen molar-refractivity contribution in [3.63, 3.8) is 0 Å². The van der Waals surface area contributed by atoms with Gasteiger partial charge in [0.1, 0.15) is 6.61 Å². The Labute approximate surface area is 46.3 Å². The fourth-order valence-electron chi connectivity index (χ4n) is 0.457. The fraction of sp³-hybridized carbons (Fsp3) is 0.750. The average molecular weight is 118 g/mol. The van der Waals surface area contributed by atoms with E-state index in [0.717, 1.165) is 0 Å². The maximum absolute atomic E-state index is 9.60. The van der Waals surface area contributed by atoms with E-state index in [4.69, 9.17) is 9.47 Å². The molecule has 0 aromatic carbocycles. The highest BCUT2D eigenvalue weighted by molar-refractivity contribution is 5.37. The molecule has 4 nitrogen and oxygen atoms in total. The Morgan fingerprint density at radius 1 is 1.75 bits per heavy atom. The molecule has 1 unspecified atom stereocenters. The zero-order valence-corrected chi connectivity index (χ0v) is 4.20. The lowest BCUT2D eigenvalue weighted by Crippen LogP contribution is -2.12. The first kappa shape index (κ1) is 5.53. The number of carbonyl (C=O) groups is 1. The molecule has 4 heteroatoms. The maximum Gasteiger partial charge on any atom is 0.295 e. The second kappa shape index (κ2) is 2.64. The molecule has 1 heterocycles. The molecular weight excluding hydrogens is 112 g/mol. The van der Waals surface area contributed by atoms with Crippen molar-refractivity contribution >= 4 is 6.47 Å². The van der Waals surface area contributed by atoms with Crippen LogP contribution in [-0.4, -0.2) is 26.2 Å². The Bertz CT molecular complexity index is 76.1. The number of rotatable bonds is 2. The molecule has 46 valence electrons. The van der Waals surface area contributed by atoms with Gasteiger partial charge < -0.3 is 14.2 Å². The molecule has 0 aliphatic carbocycles. The van der Waals surface area contributed by atoms with Gasteiger partial charge in [0.15, 0.2) is 6.79 Å². The number of hydrogen-bond acceptors (Lipinski definition) is 4. The van der Waals surface area contributed by atoms with Crippen LogP contribution < -0.4 is 0 Å². The van der Waals surface area contributed by atoms with Crippen LogP contribution in [0.25, 0.3) is 0 Å². The third-order valence-electron chi connectivity index (χ3n) is 0.799. The summed E-state index contributed by atoms with van der Waals surface area (Å²) in [7, 11) is 0. The third-order valence-corrected chi connectivity index (χ3v) is 0.799. The number of hydrogen-bond donors (Lipinski definition) is 0. The molecule has 0 saturated carbocycles. The molecule has 1 atom stereocenters. The van der Waals surface area contributed by atoms with Gasteiger partial charge in [-0.05, 0) is 0 Å². The quantitative estimate of drug-likeness (QED) is 0.458. The van der Waals surface area contributed by atoms with Gasteiger partial charge in [-0.15, -0.1) is 0 Å². The van der Waals surface area contributed by atoms with E-state index in [9.17, 15) is 4.79 Å². The van der Waals surface area contributed by atoms with Crippen LogP contribution in [0.4, 0.5) is 0 Å². The van der Waals surface area contributed by atoms with Gasteiger partial charge in [0, 0.05) is 0 Å². The number of carbonyl (C=O) groups excluding carboxylic acids is 1. The largest absolute Gasteiger partial charge is 0.435 e. The Kier molecular flexibility index (Phi) is 1.82. The highest BCUT2D eigenvalue weighted by Gasteiger charge is 2.15. The van der Waals surface area contributed by atoms with E-state index in [-0.39, 0.29) is 6.79 Å². The van der Waals surface area contributed by atoms with Crippen LogP contribution in [0.3, 0.4) is 0 Å². The molecule has 1 aliphatic heterocycles. The Hall–Kier alpha value is -0.610. The molecule has 8 heavy (non-hydrogen) atoms. The summed E-state index contributed by atoms with van der Waals surface area (Å²) in [5.41, 5.74) is 0. The molecule has 0 N–H and O–H groups in total. The number of ether oxygens (including phenoxy) is 3. The van der Waals surface area contributed by atoms with Crippen molar-refractivity contribution in [2.75, 3.05) is 13.4 Å². The topological polar surface area (TPSA) is 44.8 Å². The summed E-state index contributed by atoms with van der Waals surface area (Å²) in [5.74, 6) is 0. The summed E-state index contributed by atoms with van der Waals surface area (Å²) < 4.78 is 13.8. The Morgan fingerprint density at radius 2 is 2.62 bits per heavy atom. The molecule has 0 amide bonds. The summed E-state index contributed by atoms with van der Waals surface area (Å²) in [4.78, 5) is 9.60. The predicted octanol–water partition coefficient (Wildman–Crippen LogP) is -0.510. The van der Waals surface area contributed by atoms with Crippen LogP contribution in [0.2, 0.25) is 0 Å². The highest BCUT2D eigenvalue weighted by Crippen LogP contribution is 2.01. The smallest absolute Gasteiger partial charge is 0.295 e. The van der Waals surface area contributed by atoms with Crippen LogP contribution in [0, 0.1) is 0 Å². The van der Waals surface area contributed by atoms with Gasteiger partial charge in [-0.25, -0.2) is 0 Å². The zero-order chi connectivity index (χ0) is 5.82. The van der Waals surface area contributed by atoms with Gasteiger partial charge in [-0.2, -0.15) is 0 Å². The first-order chi connectivity index (χ1) is 3.93. The summed E-state index contributed by atoms with van der Waals surface area (Å²) in [6.07, 6.45) is -0.479. The first-order valence-electron chi connectivity index (χ1n) is 2.22. The molecule has 0 radical (unpaired) electrons. The first-order valence-corrected chi connectivity index (χ1v) is 2.22. The van der Waals surface area contributed by atoms with Gasteiger partial charge >= 0.3 is 0 Å². The standard InChI is InChI=1S/C4H6O4/c5-2-7-4-1-6-3-8-4/h2,4H,1,3H2. The molecular formula is C4H6O4. The molecule has 1 saturated heterocycles. The van der Waals surface area contributed by atoms with Gasteiger partial charge in [-0.1, -0.05) is 0 Å². The summed E-state index contributed by atoms with van der Waals surface area (Å²) in [5, 5.41) is 0. The monoisotopic (exact) mass is 118 g/mol. The lowest BCUT2D eigenvalue weighted by molar-refractivity contribution is -0.152. The molecule has 1 fully saturated rings. The summed E-state index contributed by atoms with van der Waals surface area (Å²) in [6, 6.07) is 0. The maximum atomic E-state index is 9.60. The zero-order valence-electron chi connectivity index (χ0n) is 4.20. The average Bonchev–Trinajstić information content (AvgIpc) is 2.19. The summed E-state index contributed by atoms with van der Waals surface area (Å²) in [6.45, 7) is 0.913. The van der Waals surface area contributed by atoms with Gasteiger partial charge in [-0.3, -0.25) is 4.79 Å². The molecule has 0 aromatic rings. The fourth-order valence-corrected chi connectivity index (χ4v) is 0.457. The van der Waals surface area contributed by atoms with Gasteiger partial charge in [0.2, 0.25) is 6.29 Å². The van der Waals surface area contributed by atoms with E-state index in [1.54, 1.807) is 0 Å². The van der Waals surface area contributed by atoms with E-state index >= 15 is 0 Å².